The van der Waals surface area contributed by atoms with Crippen LogP contribution in [-0.2, 0) is 9.53 Å². The first kappa shape index (κ1) is 13.6. The van der Waals surface area contributed by atoms with E-state index in [1.807, 2.05) is 18.2 Å². The molecule has 2 saturated heterocycles. The first-order valence-electron chi connectivity index (χ1n) is 6.73. The van der Waals surface area contributed by atoms with Crippen molar-refractivity contribution in [3.05, 3.63) is 34.3 Å². The number of ether oxygens (including phenoxy) is 1. The zero-order valence-corrected chi connectivity index (χ0v) is 12.5. The van der Waals surface area contributed by atoms with Crippen molar-refractivity contribution in [2.24, 2.45) is 0 Å². The lowest BCUT2D eigenvalue weighted by atomic mass is 10.1. The molecule has 1 N–H and O–H groups in total. The molecule has 0 spiro atoms. The Hall–Kier alpha value is -1.33. The lowest BCUT2D eigenvalue weighted by molar-refractivity contribution is -0.131. The number of carbonyl (C=O) groups is 1. The number of benzene rings is 1. The Bertz CT molecular complexity index is 546. The SMILES string of the molecule is O=C(O)C=Cc1ccc(Br)cc1N1CC2CCC(C1)O2. The second-order valence-electron chi connectivity index (χ2n) is 5.24. The molecule has 1 aromatic rings. The maximum atomic E-state index is 10.7. The summed E-state index contributed by atoms with van der Waals surface area (Å²) in [6.45, 7) is 1.75. The third kappa shape index (κ3) is 2.88. The standard InChI is InChI=1S/C15H16BrNO3/c16-11-3-1-10(2-6-15(18)19)14(7-11)17-8-12-4-5-13(9-17)20-12/h1-3,6-7,12-13H,4-5,8-9H2,(H,18,19). The van der Waals surface area contributed by atoms with Gasteiger partial charge in [-0.1, -0.05) is 22.0 Å². The van der Waals surface area contributed by atoms with E-state index in [-0.39, 0.29) is 0 Å². The summed E-state index contributed by atoms with van der Waals surface area (Å²) in [7, 11) is 0. The van der Waals surface area contributed by atoms with Gasteiger partial charge in [0.2, 0.25) is 0 Å². The van der Waals surface area contributed by atoms with Crippen LogP contribution >= 0.6 is 15.9 Å². The van der Waals surface area contributed by atoms with Gasteiger partial charge in [0, 0.05) is 29.3 Å². The summed E-state index contributed by atoms with van der Waals surface area (Å²) in [5.74, 6) is -0.930. The third-order valence-electron chi connectivity index (χ3n) is 3.78. The molecule has 0 aromatic heterocycles. The van der Waals surface area contributed by atoms with E-state index in [1.54, 1.807) is 6.08 Å². The number of aliphatic carboxylic acids is 1. The van der Waals surface area contributed by atoms with E-state index in [1.165, 1.54) is 6.08 Å². The number of halogens is 1. The highest BCUT2D eigenvalue weighted by atomic mass is 79.9. The van der Waals surface area contributed by atoms with Gasteiger partial charge in [-0.3, -0.25) is 0 Å². The molecule has 4 nitrogen and oxygen atoms in total. The van der Waals surface area contributed by atoms with Crippen LogP contribution in [0.2, 0.25) is 0 Å². The maximum absolute atomic E-state index is 10.7. The summed E-state index contributed by atoms with van der Waals surface area (Å²) in [5, 5.41) is 8.80. The smallest absolute Gasteiger partial charge is 0.328 e. The van der Waals surface area contributed by atoms with Crippen LogP contribution < -0.4 is 4.90 Å². The Labute approximate surface area is 126 Å². The molecule has 3 rings (SSSR count). The number of morpholine rings is 1. The van der Waals surface area contributed by atoms with Crippen LogP contribution in [0.15, 0.2) is 28.7 Å². The molecule has 2 heterocycles. The molecule has 2 aliphatic rings. The average Bonchev–Trinajstić information content (AvgIpc) is 2.76. The first-order valence-corrected chi connectivity index (χ1v) is 7.52. The Morgan fingerprint density at radius 3 is 2.70 bits per heavy atom. The summed E-state index contributed by atoms with van der Waals surface area (Å²) in [6, 6.07) is 5.92. The molecule has 106 valence electrons. The van der Waals surface area contributed by atoms with Crippen molar-refractivity contribution in [2.45, 2.75) is 25.0 Å². The lowest BCUT2D eigenvalue weighted by Crippen LogP contribution is -2.42. The second-order valence-corrected chi connectivity index (χ2v) is 6.15. The molecule has 0 amide bonds. The molecule has 5 heteroatoms. The molecule has 0 saturated carbocycles. The lowest BCUT2D eigenvalue weighted by Gasteiger charge is -2.34. The van der Waals surface area contributed by atoms with Crippen molar-refractivity contribution < 1.29 is 14.6 Å². The Morgan fingerprint density at radius 1 is 1.35 bits per heavy atom. The molecule has 2 atom stereocenters. The minimum atomic E-state index is -0.930. The normalized spacial score (nSPS) is 25.4. The van der Waals surface area contributed by atoms with Crippen LogP contribution in [0.5, 0.6) is 0 Å². The maximum Gasteiger partial charge on any atom is 0.328 e. The first-order chi connectivity index (χ1) is 9.61. The van der Waals surface area contributed by atoms with Crippen molar-refractivity contribution in [3.63, 3.8) is 0 Å². The fourth-order valence-corrected chi connectivity index (χ4v) is 3.25. The van der Waals surface area contributed by atoms with E-state index in [4.69, 9.17) is 9.84 Å². The number of fused-ring (bicyclic) bond motifs is 2. The van der Waals surface area contributed by atoms with Crippen LogP contribution in [0.25, 0.3) is 6.08 Å². The van der Waals surface area contributed by atoms with E-state index in [0.29, 0.717) is 12.2 Å². The highest BCUT2D eigenvalue weighted by molar-refractivity contribution is 9.10. The van der Waals surface area contributed by atoms with Gasteiger partial charge in [0.25, 0.3) is 0 Å². The summed E-state index contributed by atoms with van der Waals surface area (Å²) >= 11 is 3.49. The third-order valence-corrected chi connectivity index (χ3v) is 4.28. The monoisotopic (exact) mass is 337 g/mol. The number of carboxylic acid groups (broad SMARTS) is 1. The summed E-state index contributed by atoms with van der Waals surface area (Å²) < 4.78 is 6.85. The van der Waals surface area contributed by atoms with E-state index >= 15 is 0 Å². The Balaban J connectivity index is 1.91. The number of hydrogen-bond donors (Lipinski definition) is 1. The molecule has 2 fully saturated rings. The largest absolute Gasteiger partial charge is 0.478 e. The number of nitrogens with zero attached hydrogens (tertiary/aromatic N) is 1. The molecule has 0 radical (unpaired) electrons. The topological polar surface area (TPSA) is 49.8 Å². The summed E-state index contributed by atoms with van der Waals surface area (Å²) in [5.41, 5.74) is 1.99. The van der Waals surface area contributed by atoms with Crippen LogP contribution in [-0.4, -0.2) is 36.4 Å². The van der Waals surface area contributed by atoms with Gasteiger partial charge in [0.05, 0.1) is 12.2 Å². The predicted molar refractivity (Wildman–Crippen MR) is 80.9 cm³/mol. The van der Waals surface area contributed by atoms with E-state index in [2.05, 4.69) is 20.8 Å². The summed E-state index contributed by atoms with van der Waals surface area (Å²) in [4.78, 5) is 13.0. The molecular weight excluding hydrogens is 322 g/mol. The van der Waals surface area contributed by atoms with Gasteiger partial charge in [0.15, 0.2) is 0 Å². The average molecular weight is 338 g/mol. The molecule has 2 bridgehead atoms. The molecular formula is C15H16BrNO3. The van der Waals surface area contributed by atoms with Crippen molar-refractivity contribution in [1.29, 1.82) is 0 Å². The van der Waals surface area contributed by atoms with Crippen LogP contribution in [0.4, 0.5) is 5.69 Å². The zero-order valence-electron chi connectivity index (χ0n) is 11.0. The van der Waals surface area contributed by atoms with Crippen LogP contribution in [0, 0.1) is 0 Å². The number of anilines is 1. The van der Waals surface area contributed by atoms with Crippen molar-refractivity contribution in [2.75, 3.05) is 18.0 Å². The highest BCUT2D eigenvalue weighted by Gasteiger charge is 2.34. The quantitative estimate of drug-likeness (QED) is 0.861. The number of carboxylic acids is 1. The van der Waals surface area contributed by atoms with E-state index in [9.17, 15) is 4.79 Å². The molecule has 2 aliphatic heterocycles. The number of hydrogen-bond acceptors (Lipinski definition) is 3. The molecule has 2 unspecified atom stereocenters. The Kier molecular flexibility index (Phi) is 3.81. The van der Waals surface area contributed by atoms with Crippen molar-refractivity contribution in [1.82, 2.24) is 0 Å². The fraction of sp³-hybridized carbons (Fsp3) is 0.400. The van der Waals surface area contributed by atoms with Crippen molar-refractivity contribution >= 4 is 33.7 Å². The molecule has 1 aromatic carbocycles. The zero-order chi connectivity index (χ0) is 14.1. The summed E-state index contributed by atoms with van der Waals surface area (Å²) in [6.07, 6.45) is 5.70. The fourth-order valence-electron chi connectivity index (χ4n) is 2.90. The second kappa shape index (κ2) is 5.58. The van der Waals surface area contributed by atoms with Gasteiger partial charge >= 0.3 is 5.97 Å². The molecule has 20 heavy (non-hydrogen) atoms. The minimum absolute atomic E-state index is 0.309. The van der Waals surface area contributed by atoms with Gasteiger partial charge in [-0.15, -0.1) is 0 Å². The van der Waals surface area contributed by atoms with Gasteiger partial charge < -0.3 is 14.7 Å². The van der Waals surface area contributed by atoms with Gasteiger partial charge in [-0.25, -0.2) is 4.79 Å². The van der Waals surface area contributed by atoms with Crippen molar-refractivity contribution in [3.8, 4) is 0 Å². The van der Waals surface area contributed by atoms with E-state index in [0.717, 1.165) is 41.7 Å². The van der Waals surface area contributed by atoms with Crippen LogP contribution in [0.3, 0.4) is 0 Å². The van der Waals surface area contributed by atoms with Gasteiger partial charge in [0.1, 0.15) is 0 Å². The molecule has 0 aliphatic carbocycles. The van der Waals surface area contributed by atoms with Gasteiger partial charge in [-0.05, 0) is 36.6 Å². The van der Waals surface area contributed by atoms with Gasteiger partial charge in [-0.2, -0.15) is 0 Å². The highest BCUT2D eigenvalue weighted by Crippen LogP contribution is 2.33. The Morgan fingerprint density at radius 2 is 2.05 bits per heavy atom. The minimum Gasteiger partial charge on any atom is -0.478 e. The number of rotatable bonds is 3. The predicted octanol–water partition coefficient (Wildman–Crippen LogP) is 2.91. The van der Waals surface area contributed by atoms with E-state index < -0.39 is 5.97 Å². The van der Waals surface area contributed by atoms with Crippen LogP contribution in [0.1, 0.15) is 18.4 Å².